The minimum Gasteiger partial charge on any atom is -0.341 e. The Morgan fingerprint density at radius 2 is 1.86 bits per heavy atom. The average molecular weight is 303 g/mol. The number of piperidine rings is 1. The molecule has 1 aliphatic heterocycles. The molecule has 3 atom stereocenters. The van der Waals surface area contributed by atoms with E-state index >= 15 is 0 Å². The maximum Gasteiger partial charge on any atom is 0.235 e. The molecule has 0 bridgehead atoms. The summed E-state index contributed by atoms with van der Waals surface area (Å²) in [6.45, 7) is 1.90. The van der Waals surface area contributed by atoms with E-state index in [9.17, 15) is 4.79 Å². The molecule has 1 amide bonds. The summed E-state index contributed by atoms with van der Waals surface area (Å²) in [6, 6.07) is 10.2. The molecular weight excluding hydrogens is 278 g/mol. The zero-order chi connectivity index (χ0) is 14.7. The molecule has 0 spiro atoms. The van der Waals surface area contributed by atoms with E-state index < -0.39 is 0 Å². The van der Waals surface area contributed by atoms with Crippen LogP contribution in [0.3, 0.4) is 0 Å². The maximum absolute atomic E-state index is 12.6. The molecule has 21 heavy (non-hydrogen) atoms. The van der Waals surface area contributed by atoms with Gasteiger partial charge in [0.1, 0.15) is 0 Å². The van der Waals surface area contributed by atoms with E-state index in [-0.39, 0.29) is 11.2 Å². The van der Waals surface area contributed by atoms with E-state index in [1.807, 2.05) is 18.2 Å². The molecule has 3 rings (SSSR count). The fourth-order valence-corrected chi connectivity index (χ4v) is 4.31. The van der Waals surface area contributed by atoms with Crippen LogP contribution in [0, 0.1) is 11.8 Å². The number of thiol groups is 1. The smallest absolute Gasteiger partial charge is 0.235 e. The minimum atomic E-state index is -0.201. The van der Waals surface area contributed by atoms with Gasteiger partial charge in [0, 0.05) is 13.1 Å². The molecule has 3 unspecified atom stereocenters. The average Bonchev–Trinajstić information content (AvgIpc) is 2.54. The molecule has 1 saturated carbocycles. The van der Waals surface area contributed by atoms with Crippen molar-refractivity contribution >= 4 is 18.5 Å². The summed E-state index contributed by atoms with van der Waals surface area (Å²) < 4.78 is 0. The number of amides is 1. The normalized spacial score (nSPS) is 27.0. The number of benzene rings is 1. The first-order valence-electron chi connectivity index (χ1n) is 8.25. The lowest BCUT2D eigenvalue weighted by Gasteiger charge is -2.42. The van der Waals surface area contributed by atoms with Crippen LogP contribution < -0.4 is 0 Å². The summed E-state index contributed by atoms with van der Waals surface area (Å²) in [5.74, 6) is 1.84. The van der Waals surface area contributed by atoms with Crippen molar-refractivity contribution in [3.8, 4) is 0 Å². The van der Waals surface area contributed by atoms with Crippen molar-refractivity contribution in [3.05, 3.63) is 35.9 Å². The molecule has 114 valence electrons. The first kappa shape index (κ1) is 15.0. The van der Waals surface area contributed by atoms with Crippen molar-refractivity contribution in [2.45, 2.75) is 43.8 Å². The van der Waals surface area contributed by atoms with E-state index in [4.69, 9.17) is 0 Å². The number of carbonyl (C=O) groups is 1. The topological polar surface area (TPSA) is 20.3 Å². The lowest BCUT2D eigenvalue weighted by molar-refractivity contribution is -0.133. The first-order valence-corrected chi connectivity index (χ1v) is 8.76. The van der Waals surface area contributed by atoms with Gasteiger partial charge in [0.05, 0.1) is 5.25 Å². The summed E-state index contributed by atoms with van der Waals surface area (Å²) >= 11 is 4.57. The number of likely N-dealkylation sites (tertiary alicyclic amines) is 1. The Kier molecular flexibility index (Phi) is 4.89. The molecule has 1 aromatic carbocycles. The molecule has 1 aromatic rings. The highest BCUT2D eigenvalue weighted by atomic mass is 32.1. The fraction of sp³-hybridized carbons (Fsp3) is 0.611. The Balaban J connectivity index is 1.57. The zero-order valence-corrected chi connectivity index (χ0v) is 13.5. The molecule has 0 aromatic heterocycles. The summed E-state index contributed by atoms with van der Waals surface area (Å²) in [5.41, 5.74) is 1.19. The first-order chi connectivity index (χ1) is 10.2. The van der Waals surface area contributed by atoms with Crippen LogP contribution >= 0.6 is 12.6 Å². The summed E-state index contributed by atoms with van der Waals surface area (Å²) in [7, 11) is 0. The highest BCUT2D eigenvalue weighted by Crippen LogP contribution is 2.36. The second-order valence-corrected chi connectivity index (χ2v) is 7.21. The monoisotopic (exact) mass is 303 g/mol. The number of rotatable bonds is 3. The quantitative estimate of drug-likeness (QED) is 0.847. The third-order valence-corrected chi connectivity index (χ3v) is 5.56. The van der Waals surface area contributed by atoms with Gasteiger partial charge in [0.2, 0.25) is 5.91 Å². The third kappa shape index (κ3) is 3.63. The fourth-order valence-electron chi connectivity index (χ4n) is 3.94. The van der Waals surface area contributed by atoms with Crippen molar-refractivity contribution < 1.29 is 4.79 Å². The van der Waals surface area contributed by atoms with Crippen molar-refractivity contribution in [3.63, 3.8) is 0 Å². The molecule has 0 radical (unpaired) electrons. The van der Waals surface area contributed by atoms with Gasteiger partial charge in [0.15, 0.2) is 0 Å². The van der Waals surface area contributed by atoms with Crippen molar-refractivity contribution in [1.82, 2.24) is 4.90 Å². The SMILES string of the molecule is O=C(C(S)Cc1ccccc1)N1CCC2CCCCC2C1. The van der Waals surface area contributed by atoms with E-state index in [2.05, 4.69) is 29.7 Å². The predicted octanol–water partition coefficient (Wildman–Crippen LogP) is 3.57. The van der Waals surface area contributed by atoms with Gasteiger partial charge in [-0.2, -0.15) is 12.6 Å². The van der Waals surface area contributed by atoms with Gasteiger partial charge in [-0.25, -0.2) is 0 Å². The number of nitrogens with zero attached hydrogens (tertiary/aromatic N) is 1. The molecule has 3 heteroatoms. The summed E-state index contributed by atoms with van der Waals surface area (Å²) in [5, 5.41) is -0.201. The van der Waals surface area contributed by atoms with Crippen molar-refractivity contribution in [1.29, 1.82) is 0 Å². The number of fused-ring (bicyclic) bond motifs is 1. The largest absolute Gasteiger partial charge is 0.341 e. The number of hydrogen-bond acceptors (Lipinski definition) is 2. The Labute approximate surface area is 133 Å². The molecule has 1 saturated heterocycles. The lowest BCUT2D eigenvalue weighted by atomic mass is 9.75. The van der Waals surface area contributed by atoms with Gasteiger partial charge >= 0.3 is 0 Å². The van der Waals surface area contributed by atoms with Crippen LogP contribution in [0.5, 0.6) is 0 Å². The van der Waals surface area contributed by atoms with Gasteiger partial charge in [-0.1, -0.05) is 49.6 Å². The minimum absolute atomic E-state index is 0.201. The van der Waals surface area contributed by atoms with E-state index in [1.54, 1.807) is 0 Å². The Hall–Kier alpha value is -0.960. The summed E-state index contributed by atoms with van der Waals surface area (Å²) in [6.07, 6.45) is 7.34. The lowest BCUT2D eigenvalue weighted by Crippen LogP contribution is -2.47. The van der Waals surface area contributed by atoms with Crippen LogP contribution in [0.2, 0.25) is 0 Å². The highest BCUT2D eigenvalue weighted by Gasteiger charge is 2.34. The van der Waals surface area contributed by atoms with Crippen LogP contribution in [-0.4, -0.2) is 29.1 Å². The second-order valence-electron chi connectivity index (χ2n) is 6.58. The van der Waals surface area contributed by atoms with E-state index in [0.717, 1.165) is 31.3 Å². The molecular formula is C18H25NOS. The van der Waals surface area contributed by atoms with E-state index in [0.29, 0.717) is 0 Å². The highest BCUT2D eigenvalue weighted by molar-refractivity contribution is 7.81. The van der Waals surface area contributed by atoms with Crippen LogP contribution in [0.4, 0.5) is 0 Å². The molecule has 2 aliphatic rings. The van der Waals surface area contributed by atoms with Crippen molar-refractivity contribution in [2.75, 3.05) is 13.1 Å². The van der Waals surface area contributed by atoms with Gasteiger partial charge in [-0.3, -0.25) is 4.79 Å². The zero-order valence-electron chi connectivity index (χ0n) is 12.6. The Bertz CT molecular complexity index is 475. The molecule has 1 aliphatic carbocycles. The molecule has 2 nitrogen and oxygen atoms in total. The molecule has 0 N–H and O–H groups in total. The van der Waals surface area contributed by atoms with Gasteiger partial charge in [-0.05, 0) is 36.7 Å². The van der Waals surface area contributed by atoms with Gasteiger partial charge in [-0.15, -0.1) is 0 Å². The molecule has 2 fully saturated rings. The standard InChI is InChI=1S/C18H25NOS/c20-18(17(21)12-14-6-2-1-3-7-14)19-11-10-15-8-4-5-9-16(15)13-19/h1-3,6-7,15-17,21H,4-5,8-13H2. The van der Waals surface area contributed by atoms with Crippen LogP contribution in [0.25, 0.3) is 0 Å². The van der Waals surface area contributed by atoms with Crippen LogP contribution in [0.15, 0.2) is 30.3 Å². The maximum atomic E-state index is 12.6. The predicted molar refractivity (Wildman–Crippen MR) is 89.6 cm³/mol. The van der Waals surface area contributed by atoms with Gasteiger partial charge < -0.3 is 4.90 Å². The Morgan fingerprint density at radius 1 is 1.14 bits per heavy atom. The van der Waals surface area contributed by atoms with Gasteiger partial charge in [0.25, 0.3) is 0 Å². The molecule has 1 heterocycles. The van der Waals surface area contributed by atoms with Crippen LogP contribution in [-0.2, 0) is 11.2 Å². The van der Waals surface area contributed by atoms with E-state index in [1.165, 1.54) is 37.7 Å². The number of hydrogen-bond donors (Lipinski definition) is 1. The Morgan fingerprint density at radius 3 is 2.62 bits per heavy atom. The number of carbonyl (C=O) groups excluding carboxylic acids is 1. The van der Waals surface area contributed by atoms with Crippen molar-refractivity contribution in [2.24, 2.45) is 11.8 Å². The second kappa shape index (κ2) is 6.87. The third-order valence-electron chi connectivity index (χ3n) is 5.16. The summed E-state index contributed by atoms with van der Waals surface area (Å²) in [4.78, 5) is 14.7. The van der Waals surface area contributed by atoms with Crippen LogP contribution in [0.1, 0.15) is 37.7 Å².